The average Bonchev–Trinajstić information content (AvgIpc) is 2.54. The summed E-state index contributed by atoms with van der Waals surface area (Å²) in [5, 5.41) is 3.86. The van der Waals surface area contributed by atoms with E-state index in [4.69, 9.17) is 11.6 Å². The van der Waals surface area contributed by atoms with Crippen LogP contribution in [0.25, 0.3) is 0 Å². The maximum atomic E-state index is 12.7. The van der Waals surface area contributed by atoms with Crippen LogP contribution in [0.2, 0.25) is 5.02 Å². The summed E-state index contributed by atoms with van der Waals surface area (Å²) in [7, 11) is 0. The van der Waals surface area contributed by atoms with E-state index in [1.807, 2.05) is 37.3 Å². The zero-order valence-corrected chi connectivity index (χ0v) is 13.4. The van der Waals surface area contributed by atoms with Crippen LogP contribution < -0.4 is 5.32 Å². The second kappa shape index (κ2) is 6.53. The van der Waals surface area contributed by atoms with E-state index in [2.05, 4.69) is 23.5 Å². The van der Waals surface area contributed by atoms with Crippen LogP contribution in [0.15, 0.2) is 48.5 Å². The Kier molecular flexibility index (Phi) is 4.49. The minimum atomic E-state index is -0.0281. The average molecular weight is 314 g/mol. The normalized spacial score (nSPS) is 18.4. The summed E-state index contributed by atoms with van der Waals surface area (Å²) in [6.45, 7) is 2.01. The van der Waals surface area contributed by atoms with Crippen molar-refractivity contribution in [3.8, 4) is 0 Å². The molecule has 1 amide bonds. The zero-order chi connectivity index (χ0) is 15.5. The van der Waals surface area contributed by atoms with E-state index in [-0.39, 0.29) is 17.9 Å². The molecule has 0 heterocycles. The Morgan fingerprint density at radius 2 is 1.91 bits per heavy atom. The second-order valence-electron chi connectivity index (χ2n) is 5.93. The predicted octanol–water partition coefficient (Wildman–Crippen LogP) is 4.64. The molecule has 3 heteroatoms. The molecule has 2 atom stereocenters. The highest BCUT2D eigenvalue weighted by atomic mass is 35.5. The van der Waals surface area contributed by atoms with Gasteiger partial charge in [-0.15, -0.1) is 0 Å². The van der Waals surface area contributed by atoms with Crippen LogP contribution in [0.3, 0.4) is 0 Å². The van der Waals surface area contributed by atoms with Crippen molar-refractivity contribution in [2.75, 3.05) is 0 Å². The Morgan fingerprint density at radius 1 is 1.18 bits per heavy atom. The maximum absolute atomic E-state index is 12.7. The molecule has 22 heavy (non-hydrogen) atoms. The maximum Gasteiger partial charge on any atom is 0.228 e. The van der Waals surface area contributed by atoms with Crippen molar-refractivity contribution in [1.82, 2.24) is 5.32 Å². The first-order chi connectivity index (χ1) is 10.6. The summed E-state index contributed by atoms with van der Waals surface area (Å²) in [6, 6.07) is 15.9. The van der Waals surface area contributed by atoms with Gasteiger partial charge in [-0.25, -0.2) is 0 Å². The summed E-state index contributed by atoms with van der Waals surface area (Å²) in [6.07, 6.45) is 3.08. The largest absolute Gasteiger partial charge is 0.349 e. The number of amides is 1. The molecular weight excluding hydrogens is 294 g/mol. The summed E-state index contributed by atoms with van der Waals surface area (Å²) >= 11 is 5.91. The molecule has 0 radical (unpaired) electrons. The van der Waals surface area contributed by atoms with Crippen LogP contribution in [0.4, 0.5) is 0 Å². The molecule has 1 N–H and O–H groups in total. The summed E-state index contributed by atoms with van der Waals surface area (Å²) in [5.41, 5.74) is 3.57. The lowest BCUT2D eigenvalue weighted by molar-refractivity contribution is -0.123. The monoisotopic (exact) mass is 313 g/mol. The number of carbonyl (C=O) groups excluding carboxylic acids is 1. The molecule has 2 aromatic rings. The van der Waals surface area contributed by atoms with Gasteiger partial charge in [0.2, 0.25) is 5.91 Å². The third-order valence-electron chi connectivity index (χ3n) is 4.41. The van der Waals surface area contributed by atoms with E-state index in [0.717, 1.165) is 24.8 Å². The Hall–Kier alpha value is -1.80. The van der Waals surface area contributed by atoms with Crippen molar-refractivity contribution in [2.45, 2.75) is 38.1 Å². The first kappa shape index (κ1) is 15.1. The molecule has 2 aromatic carbocycles. The van der Waals surface area contributed by atoms with E-state index >= 15 is 0 Å². The molecule has 0 aromatic heterocycles. The number of aryl methyl sites for hydroxylation is 1. The molecule has 1 aliphatic carbocycles. The number of nitrogens with one attached hydrogen (secondary N) is 1. The fourth-order valence-electron chi connectivity index (χ4n) is 3.18. The van der Waals surface area contributed by atoms with Crippen molar-refractivity contribution in [2.24, 2.45) is 0 Å². The minimum absolute atomic E-state index is 0.0149. The van der Waals surface area contributed by atoms with Crippen molar-refractivity contribution in [3.63, 3.8) is 0 Å². The van der Waals surface area contributed by atoms with Gasteiger partial charge in [0.05, 0.1) is 12.0 Å². The summed E-state index contributed by atoms with van der Waals surface area (Å²) in [5.74, 6) is 0.0919. The summed E-state index contributed by atoms with van der Waals surface area (Å²) in [4.78, 5) is 12.7. The Morgan fingerprint density at radius 3 is 2.68 bits per heavy atom. The van der Waals surface area contributed by atoms with E-state index in [1.165, 1.54) is 11.1 Å². The van der Waals surface area contributed by atoms with Crippen LogP contribution in [0.5, 0.6) is 0 Å². The highest BCUT2D eigenvalue weighted by Gasteiger charge is 2.27. The smallest absolute Gasteiger partial charge is 0.228 e. The van der Waals surface area contributed by atoms with Gasteiger partial charge >= 0.3 is 0 Å². The number of hydrogen-bond acceptors (Lipinski definition) is 1. The summed E-state index contributed by atoms with van der Waals surface area (Å²) < 4.78 is 0. The van der Waals surface area contributed by atoms with E-state index in [1.54, 1.807) is 0 Å². The van der Waals surface area contributed by atoms with Crippen LogP contribution in [-0.2, 0) is 11.2 Å². The zero-order valence-electron chi connectivity index (χ0n) is 12.7. The van der Waals surface area contributed by atoms with Crippen molar-refractivity contribution >= 4 is 17.5 Å². The quantitative estimate of drug-likeness (QED) is 0.879. The molecule has 0 fully saturated rings. The van der Waals surface area contributed by atoms with E-state index < -0.39 is 0 Å². The number of fused-ring (bicyclic) bond motifs is 1. The molecule has 0 spiro atoms. The number of halogens is 1. The fraction of sp³-hybridized carbons (Fsp3) is 0.316. The molecular formula is C19H20ClNO. The minimum Gasteiger partial charge on any atom is -0.349 e. The second-order valence-corrected chi connectivity index (χ2v) is 6.36. The highest BCUT2D eigenvalue weighted by Crippen LogP contribution is 2.32. The Labute approximate surface area is 136 Å². The number of hydrogen-bond donors (Lipinski definition) is 1. The third-order valence-corrected chi connectivity index (χ3v) is 4.67. The molecule has 0 saturated heterocycles. The molecule has 2 unspecified atom stereocenters. The van der Waals surface area contributed by atoms with E-state index in [9.17, 15) is 4.79 Å². The predicted molar refractivity (Wildman–Crippen MR) is 90.1 cm³/mol. The van der Waals surface area contributed by atoms with Gasteiger partial charge in [-0.05, 0) is 55.0 Å². The van der Waals surface area contributed by atoms with Gasteiger partial charge in [-0.2, -0.15) is 0 Å². The first-order valence-electron chi connectivity index (χ1n) is 7.79. The van der Waals surface area contributed by atoms with Gasteiger partial charge in [0.15, 0.2) is 0 Å². The highest BCUT2D eigenvalue weighted by molar-refractivity contribution is 6.30. The molecule has 0 bridgehead atoms. The van der Waals surface area contributed by atoms with Crippen molar-refractivity contribution in [3.05, 3.63) is 70.2 Å². The molecule has 2 nitrogen and oxygen atoms in total. The molecule has 3 rings (SSSR count). The first-order valence-corrected chi connectivity index (χ1v) is 8.16. The van der Waals surface area contributed by atoms with E-state index in [0.29, 0.717) is 5.02 Å². The molecule has 0 saturated carbocycles. The third kappa shape index (κ3) is 3.17. The number of rotatable bonds is 3. The van der Waals surface area contributed by atoms with Crippen LogP contribution >= 0.6 is 11.6 Å². The lowest BCUT2D eigenvalue weighted by atomic mass is 9.82. The van der Waals surface area contributed by atoms with Crippen molar-refractivity contribution < 1.29 is 4.79 Å². The van der Waals surface area contributed by atoms with Gasteiger partial charge in [-0.3, -0.25) is 4.79 Å². The van der Waals surface area contributed by atoms with Gasteiger partial charge in [0, 0.05) is 5.02 Å². The van der Waals surface area contributed by atoms with Crippen molar-refractivity contribution in [1.29, 1.82) is 0 Å². The van der Waals surface area contributed by atoms with Gasteiger partial charge < -0.3 is 5.32 Å². The van der Waals surface area contributed by atoms with Gasteiger partial charge in [0.1, 0.15) is 0 Å². The lowest BCUT2D eigenvalue weighted by Crippen LogP contribution is -2.33. The van der Waals surface area contributed by atoms with Crippen LogP contribution in [-0.4, -0.2) is 5.91 Å². The fourth-order valence-corrected chi connectivity index (χ4v) is 3.30. The topological polar surface area (TPSA) is 29.1 Å². The molecule has 0 aliphatic heterocycles. The van der Waals surface area contributed by atoms with Crippen LogP contribution in [0, 0.1) is 0 Å². The SMILES string of the molecule is CC(NC(=O)C1CCCc2ccccc21)c1ccc(Cl)cc1. The molecule has 114 valence electrons. The van der Waals surface area contributed by atoms with Gasteiger partial charge in [0.25, 0.3) is 0 Å². The Bertz CT molecular complexity index is 665. The molecule has 1 aliphatic rings. The van der Waals surface area contributed by atoms with Gasteiger partial charge in [-0.1, -0.05) is 48.0 Å². The van der Waals surface area contributed by atoms with Crippen LogP contribution in [0.1, 0.15) is 48.4 Å². The number of benzene rings is 2. The lowest BCUT2D eigenvalue weighted by Gasteiger charge is -2.26. The standard InChI is InChI=1S/C19H20ClNO/c1-13(14-9-11-16(20)12-10-14)21-19(22)18-8-4-6-15-5-2-3-7-17(15)18/h2-3,5,7,9-13,18H,4,6,8H2,1H3,(H,21,22). The number of carbonyl (C=O) groups is 1. The Balaban J connectivity index is 1.74.